The predicted octanol–water partition coefficient (Wildman–Crippen LogP) is 3.82. The number of rotatable bonds is 6. The molecule has 0 bridgehead atoms. The Morgan fingerprint density at radius 3 is 2.44 bits per heavy atom. The molecular weight excluding hydrogens is 412 g/mol. The number of ether oxygens (including phenoxy) is 3. The Hall–Kier alpha value is -4.07. The number of fused-ring (bicyclic) bond motifs is 1. The maximum absolute atomic E-state index is 12.8. The third kappa shape index (κ3) is 4.20. The van der Waals surface area contributed by atoms with Crippen LogP contribution in [0.1, 0.15) is 39.0 Å². The lowest BCUT2D eigenvalue weighted by Crippen LogP contribution is -2.15. The van der Waals surface area contributed by atoms with Gasteiger partial charge in [-0.15, -0.1) is 0 Å². The Labute approximate surface area is 184 Å². The lowest BCUT2D eigenvalue weighted by molar-refractivity contribution is -0.114. The molecule has 1 aliphatic heterocycles. The van der Waals surface area contributed by atoms with E-state index in [-0.39, 0.29) is 30.7 Å². The minimum absolute atomic E-state index is 0.188. The molecule has 164 valence electrons. The van der Waals surface area contributed by atoms with E-state index in [0.29, 0.717) is 22.7 Å². The summed E-state index contributed by atoms with van der Waals surface area (Å²) in [6.07, 6.45) is 0. The van der Waals surface area contributed by atoms with Gasteiger partial charge in [0.25, 0.3) is 0 Å². The number of ketones is 1. The zero-order chi connectivity index (χ0) is 22.8. The maximum Gasteiger partial charge on any atom is 0.338 e. The molecule has 0 aliphatic carbocycles. The van der Waals surface area contributed by atoms with Gasteiger partial charge < -0.3 is 24.1 Å². The zero-order valence-electron chi connectivity index (χ0n) is 17.9. The Morgan fingerprint density at radius 1 is 1.00 bits per heavy atom. The quantitative estimate of drug-likeness (QED) is 0.468. The van der Waals surface area contributed by atoms with Gasteiger partial charge in [-0.05, 0) is 56.3 Å². The standard InChI is InChI=1S/C24H22N2O6/c1-14-10-20(15(2)26(14)19-8-9-22-23(11-19)32-13-31-22)21(28)12-30-24(29)17-4-6-18(7-5-17)25-16(3)27/h4-11H,12-13H2,1-3H3,(H,25,27). The highest BCUT2D eigenvalue weighted by atomic mass is 16.7. The van der Waals surface area contributed by atoms with Crippen LogP contribution in [0.15, 0.2) is 48.5 Å². The van der Waals surface area contributed by atoms with Crippen LogP contribution in [0.25, 0.3) is 5.69 Å². The van der Waals surface area contributed by atoms with Crippen LogP contribution >= 0.6 is 0 Å². The molecule has 0 saturated carbocycles. The number of anilines is 1. The molecule has 8 nitrogen and oxygen atoms in total. The molecule has 0 radical (unpaired) electrons. The largest absolute Gasteiger partial charge is 0.454 e. The van der Waals surface area contributed by atoms with Gasteiger partial charge in [0.05, 0.1) is 5.56 Å². The Kier molecular flexibility index (Phi) is 5.68. The second-order valence-corrected chi connectivity index (χ2v) is 7.42. The fourth-order valence-electron chi connectivity index (χ4n) is 3.65. The first kappa shape index (κ1) is 21.2. The van der Waals surface area contributed by atoms with Gasteiger partial charge >= 0.3 is 5.97 Å². The molecule has 0 spiro atoms. The average Bonchev–Trinajstić information content (AvgIpc) is 3.35. The van der Waals surface area contributed by atoms with Crippen LogP contribution in [0.3, 0.4) is 0 Å². The van der Waals surface area contributed by atoms with E-state index in [2.05, 4.69) is 5.32 Å². The molecule has 1 amide bonds. The molecule has 0 fully saturated rings. The maximum atomic E-state index is 12.8. The van der Waals surface area contributed by atoms with Gasteiger partial charge in [-0.25, -0.2) is 4.79 Å². The third-order valence-corrected chi connectivity index (χ3v) is 5.12. The van der Waals surface area contributed by atoms with Crippen LogP contribution in [0.4, 0.5) is 5.69 Å². The first-order valence-electron chi connectivity index (χ1n) is 10.0. The summed E-state index contributed by atoms with van der Waals surface area (Å²) in [4.78, 5) is 36.2. The van der Waals surface area contributed by atoms with Crippen molar-refractivity contribution in [3.05, 3.63) is 71.0 Å². The predicted molar refractivity (Wildman–Crippen MR) is 117 cm³/mol. The van der Waals surface area contributed by atoms with Crippen LogP contribution < -0.4 is 14.8 Å². The van der Waals surface area contributed by atoms with Crippen molar-refractivity contribution in [1.29, 1.82) is 0 Å². The normalized spacial score (nSPS) is 11.8. The first-order valence-corrected chi connectivity index (χ1v) is 10.0. The molecule has 2 heterocycles. The smallest absolute Gasteiger partial charge is 0.338 e. The van der Waals surface area contributed by atoms with Crippen molar-refractivity contribution in [2.24, 2.45) is 0 Å². The highest BCUT2D eigenvalue weighted by Gasteiger charge is 2.20. The van der Waals surface area contributed by atoms with Crippen molar-refractivity contribution in [3.8, 4) is 17.2 Å². The van der Waals surface area contributed by atoms with E-state index in [1.165, 1.54) is 19.1 Å². The number of nitrogens with one attached hydrogen (secondary N) is 1. The minimum Gasteiger partial charge on any atom is -0.454 e. The van der Waals surface area contributed by atoms with E-state index < -0.39 is 5.97 Å². The number of aryl methyl sites for hydroxylation is 1. The number of Topliss-reactive ketones (excluding diaryl/α,β-unsaturated/α-hetero) is 1. The molecule has 1 aromatic heterocycles. The van der Waals surface area contributed by atoms with Crippen molar-refractivity contribution in [3.63, 3.8) is 0 Å². The van der Waals surface area contributed by atoms with Gasteiger partial charge in [-0.3, -0.25) is 9.59 Å². The van der Waals surface area contributed by atoms with Gasteiger partial charge in [0, 0.05) is 41.3 Å². The van der Waals surface area contributed by atoms with Crippen LogP contribution in [0.5, 0.6) is 11.5 Å². The second kappa shape index (κ2) is 8.58. The Balaban J connectivity index is 1.45. The van der Waals surface area contributed by atoms with E-state index in [4.69, 9.17) is 14.2 Å². The van der Waals surface area contributed by atoms with E-state index in [1.807, 2.05) is 36.6 Å². The van der Waals surface area contributed by atoms with Gasteiger partial charge in [-0.1, -0.05) is 0 Å². The molecule has 1 aliphatic rings. The monoisotopic (exact) mass is 434 g/mol. The Bertz CT molecular complexity index is 1210. The topological polar surface area (TPSA) is 95.9 Å². The van der Waals surface area contributed by atoms with Crippen molar-refractivity contribution < 1.29 is 28.6 Å². The van der Waals surface area contributed by atoms with E-state index >= 15 is 0 Å². The second-order valence-electron chi connectivity index (χ2n) is 7.42. The van der Waals surface area contributed by atoms with Crippen LogP contribution in [0.2, 0.25) is 0 Å². The number of carbonyl (C=O) groups excluding carboxylic acids is 3. The molecular formula is C24H22N2O6. The highest BCUT2D eigenvalue weighted by Crippen LogP contribution is 2.35. The number of esters is 1. The summed E-state index contributed by atoms with van der Waals surface area (Å²) in [6.45, 7) is 4.95. The summed E-state index contributed by atoms with van der Waals surface area (Å²) in [5, 5.41) is 2.62. The van der Waals surface area contributed by atoms with Crippen LogP contribution in [-0.4, -0.2) is 35.6 Å². The summed E-state index contributed by atoms with van der Waals surface area (Å²) in [5.74, 6) is 0.223. The summed E-state index contributed by atoms with van der Waals surface area (Å²) in [7, 11) is 0. The molecule has 8 heteroatoms. The van der Waals surface area contributed by atoms with Crippen molar-refractivity contribution in [2.45, 2.75) is 20.8 Å². The Morgan fingerprint density at radius 2 is 1.72 bits per heavy atom. The number of nitrogens with zero attached hydrogens (tertiary/aromatic N) is 1. The van der Waals surface area contributed by atoms with Crippen molar-refractivity contribution >= 4 is 23.3 Å². The van der Waals surface area contributed by atoms with E-state index in [9.17, 15) is 14.4 Å². The van der Waals surface area contributed by atoms with E-state index in [0.717, 1.165) is 17.1 Å². The average molecular weight is 434 g/mol. The van der Waals surface area contributed by atoms with Gasteiger partial charge in [0.1, 0.15) is 0 Å². The van der Waals surface area contributed by atoms with Gasteiger partial charge in [-0.2, -0.15) is 0 Å². The third-order valence-electron chi connectivity index (χ3n) is 5.12. The van der Waals surface area contributed by atoms with E-state index in [1.54, 1.807) is 18.2 Å². The molecule has 2 aromatic carbocycles. The fourth-order valence-corrected chi connectivity index (χ4v) is 3.65. The molecule has 0 saturated heterocycles. The zero-order valence-corrected chi connectivity index (χ0v) is 17.9. The van der Waals surface area contributed by atoms with Crippen LogP contribution in [-0.2, 0) is 9.53 Å². The highest BCUT2D eigenvalue weighted by molar-refractivity contribution is 6.00. The van der Waals surface area contributed by atoms with Crippen molar-refractivity contribution in [1.82, 2.24) is 4.57 Å². The first-order chi connectivity index (χ1) is 15.3. The molecule has 4 rings (SSSR count). The number of benzene rings is 2. The lowest BCUT2D eigenvalue weighted by atomic mass is 10.1. The summed E-state index contributed by atoms with van der Waals surface area (Å²) < 4.78 is 18.0. The lowest BCUT2D eigenvalue weighted by Gasteiger charge is -2.11. The molecule has 0 unspecified atom stereocenters. The summed E-state index contributed by atoms with van der Waals surface area (Å²) in [5.41, 5.74) is 3.79. The van der Waals surface area contributed by atoms with Crippen molar-refractivity contribution in [2.75, 3.05) is 18.7 Å². The molecule has 0 atom stereocenters. The SMILES string of the molecule is CC(=O)Nc1ccc(C(=O)OCC(=O)c2cc(C)n(-c3ccc4c(c3)OCO4)c2C)cc1. The molecule has 1 N–H and O–H groups in total. The van der Waals surface area contributed by atoms with Gasteiger partial charge in [0.2, 0.25) is 18.5 Å². The minimum atomic E-state index is -0.614. The molecule has 32 heavy (non-hydrogen) atoms. The molecule has 3 aromatic rings. The summed E-state index contributed by atoms with van der Waals surface area (Å²) >= 11 is 0. The number of carbonyl (C=O) groups is 3. The summed E-state index contributed by atoms with van der Waals surface area (Å²) in [6, 6.07) is 13.6. The fraction of sp³-hybridized carbons (Fsp3) is 0.208. The number of hydrogen-bond donors (Lipinski definition) is 1. The number of aromatic nitrogens is 1. The number of amides is 1. The number of hydrogen-bond acceptors (Lipinski definition) is 6. The van der Waals surface area contributed by atoms with Gasteiger partial charge in [0.15, 0.2) is 18.1 Å². The van der Waals surface area contributed by atoms with Crippen LogP contribution in [0, 0.1) is 13.8 Å².